The Bertz CT molecular complexity index is 954. The summed E-state index contributed by atoms with van der Waals surface area (Å²) in [6.45, 7) is 2.46. The van der Waals surface area contributed by atoms with E-state index in [-0.39, 0.29) is 5.63 Å². The Morgan fingerprint density at radius 1 is 1.20 bits per heavy atom. The molecule has 2 heterocycles. The van der Waals surface area contributed by atoms with Crippen LogP contribution in [0.1, 0.15) is 48.8 Å². The molecule has 0 atom stereocenters. The third-order valence-corrected chi connectivity index (χ3v) is 4.73. The summed E-state index contributed by atoms with van der Waals surface area (Å²) >= 11 is 0. The summed E-state index contributed by atoms with van der Waals surface area (Å²) in [4.78, 5) is 11.8. The minimum absolute atomic E-state index is 0.321. The van der Waals surface area contributed by atoms with Gasteiger partial charge in [0.2, 0.25) is 0 Å². The van der Waals surface area contributed by atoms with E-state index in [1.54, 1.807) is 12.1 Å². The van der Waals surface area contributed by atoms with Gasteiger partial charge >= 0.3 is 5.63 Å². The van der Waals surface area contributed by atoms with E-state index in [4.69, 9.17) is 13.7 Å². The van der Waals surface area contributed by atoms with Crippen molar-refractivity contribution in [3.8, 4) is 5.75 Å². The summed E-state index contributed by atoms with van der Waals surface area (Å²) < 4.78 is 16.6. The van der Waals surface area contributed by atoms with Crippen molar-refractivity contribution in [2.24, 2.45) is 0 Å². The number of ether oxygens (including phenoxy) is 1. The van der Waals surface area contributed by atoms with Crippen LogP contribution in [0.5, 0.6) is 5.75 Å². The molecule has 0 saturated carbocycles. The molecule has 1 aliphatic rings. The highest BCUT2D eigenvalue weighted by Gasteiger charge is 2.19. The fourth-order valence-electron chi connectivity index (χ4n) is 3.49. The maximum Gasteiger partial charge on any atom is 0.336 e. The van der Waals surface area contributed by atoms with Gasteiger partial charge in [0.1, 0.15) is 29.4 Å². The topological polar surface area (TPSA) is 65.5 Å². The molecule has 1 aliphatic carbocycles. The van der Waals surface area contributed by atoms with Gasteiger partial charge in [0.25, 0.3) is 0 Å². The van der Waals surface area contributed by atoms with Crippen molar-refractivity contribution in [1.29, 1.82) is 0 Å². The molecular formula is C20H21NO4. The Hall–Kier alpha value is -2.56. The quantitative estimate of drug-likeness (QED) is 0.652. The molecule has 0 aliphatic heterocycles. The normalized spacial score (nSPS) is 13.8. The van der Waals surface area contributed by atoms with Crippen molar-refractivity contribution in [2.45, 2.75) is 52.1 Å². The molecule has 130 valence electrons. The van der Waals surface area contributed by atoms with Crippen LogP contribution in [0.2, 0.25) is 0 Å². The molecule has 0 fully saturated rings. The lowest BCUT2D eigenvalue weighted by molar-refractivity contribution is 0.286. The second kappa shape index (κ2) is 6.75. The number of benzene rings is 1. The van der Waals surface area contributed by atoms with Gasteiger partial charge in [-0.15, -0.1) is 0 Å². The van der Waals surface area contributed by atoms with Crippen LogP contribution < -0.4 is 10.4 Å². The number of hydrogen-bond donors (Lipinski definition) is 0. The van der Waals surface area contributed by atoms with Crippen LogP contribution in [0.15, 0.2) is 38.0 Å². The van der Waals surface area contributed by atoms with Crippen LogP contribution in [0.4, 0.5) is 0 Å². The minimum Gasteiger partial charge on any atom is -0.487 e. The van der Waals surface area contributed by atoms with Gasteiger partial charge in [-0.1, -0.05) is 18.5 Å². The van der Waals surface area contributed by atoms with Crippen LogP contribution in [-0.2, 0) is 25.9 Å². The van der Waals surface area contributed by atoms with Crippen molar-refractivity contribution < 1.29 is 13.7 Å². The zero-order valence-corrected chi connectivity index (χ0v) is 14.3. The highest BCUT2D eigenvalue weighted by molar-refractivity contribution is 5.81. The molecule has 0 bridgehead atoms. The van der Waals surface area contributed by atoms with Crippen molar-refractivity contribution in [2.75, 3.05) is 0 Å². The molecule has 0 amide bonds. The molecule has 3 aromatic rings. The van der Waals surface area contributed by atoms with E-state index in [0.29, 0.717) is 17.9 Å². The van der Waals surface area contributed by atoms with Crippen LogP contribution in [0.25, 0.3) is 11.0 Å². The summed E-state index contributed by atoms with van der Waals surface area (Å²) in [5.41, 5.74) is 3.33. The fourth-order valence-corrected chi connectivity index (χ4v) is 3.49. The summed E-state index contributed by atoms with van der Waals surface area (Å²) in [6.07, 6.45) is 6.13. The van der Waals surface area contributed by atoms with Gasteiger partial charge in [-0.05, 0) is 43.4 Å². The van der Waals surface area contributed by atoms with E-state index in [2.05, 4.69) is 12.1 Å². The van der Waals surface area contributed by atoms with E-state index in [9.17, 15) is 4.79 Å². The van der Waals surface area contributed by atoms with Crippen molar-refractivity contribution in [1.82, 2.24) is 5.16 Å². The van der Waals surface area contributed by atoms with Gasteiger partial charge in [0.05, 0.1) is 0 Å². The molecule has 25 heavy (non-hydrogen) atoms. The lowest BCUT2D eigenvalue weighted by Crippen LogP contribution is -2.05. The maximum absolute atomic E-state index is 11.8. The summed E-state index contributed by atoms with van der Waals surface area (Å²) in [7, 11) is 0. The van der Waals surface area contributed by atoms with Gasteiger partial charge in [-0.25, -0.2) is 4.79 Å². The van der Waals surface area contributed by atoms with Crippen LogP contribution >= 0.6 is 0 Å². The SMILES string of the molecule is CCCc1cc(=O)oc2cc(OCc3noc4c3CCCC4)ccc12. The number of aromatic nitrogens is 1. The van der Waals surface area contributed by atoms with E-state index in [0.717, 1.165) is 54.5 Å². The Labute approximate surface area is 145 Å². The van der Waals surface area contributed by atoms with E-state index < -0.39 is 0 Å². The predicted octanol–water partition coefficient (Wildman–Crippen LogP) is 4.19. The third kappa shape index (κ3) is 3.18. The van der Waals surface area contributed by atoms with Crippen molar-refractivity contribution in [3.63, 3.8) is 0 Å². The fraction of sp³-hybridized carbons (Fsp3) is 0.400. The molecular weight excluding hydrogens is 318 g/mol. The molecule has 2 aromatic heterocycles. The molecule has 0 spiro atoms. The predicted molar refractivity (Wildman–Crippen MR) is 94.0 cm³/mol. The largest absolute Gasteiger partial charge is 0.487 e. The first-order chi connectivity index (χ1) is 12.2. The number of rotatable bonds is 5. The second-order valence-electron chi connectivity index (χ2n) is 6.53. The van der Waals surface area contributed by atoms with Gasteiger partial charge in [0, 0.05) is 29.5 Å². The van der Waals surface area contributed by atoms with Gasteiger partial charge < -0.3 is 13.7 Å². The molecule has 0 N–H and O–H groups in total. The highest BCUT2D eigenvalue weighted by atomic mass is 16.5. The van der Waals surface area contributed by atoms with Crippen LogP contribution in [0, 0.1) is 0 Å². The average Bonchev–Trinajstić information content (AvgIpc) is 3.03. The average molecular weight is 339 g/mol. The Balaban J connectivity index is 1.58. The Kier molecular flexibility index (Phi) is 4.30. The van der Waals surface area contributed by atoms with E-state index in [1.807, 2.05) is 12.1 Å². The lowest BCUT2D eigenvalue weighted by atomic mass is 9.97. The maximum atomic E-state index is 11.8. The van der Waals surface area contributed by atoms with Gasteiger partial charge in [-0.2, -0.15) is 0 Å². The van der Waals surface area contributed by atoms with E-state index >= 15 is 0 Å². The molecule has 1 aromatic carbocycles. The number of aryl methyl sites for hydroxylation is 2. The molecule has 4 rings (SSSR count). The molecule has 0 saturated heterocycles. The molecule has 5 heteroatoms. The van der Waals surface area contributed by atoms with Gasteiger partial charge in [0.15, 0.2) is 0 Å². The van der Waals surface area contributed by atoms with Crippen molar-refractivity contribution in [3.05, 3.63) is 57.3 Å². The van der Waals surface area contributed by atoms with Gasteiger partial charge in [-0.3, -0.25) is 0 Å². The van der Waals surface area contributed by atoms with Crippen LogP contribution in [0.3, 0.4) is 0 Å². The van der Waals surface area contributed by atoms with Crippen molar-refractivity contribution >= 4 is 11.0 Å². The number of fused-ring (bicyclic) bond motifs is 2. The number of nitrogens with zero attached hydrogens (tertiary/aromatic N) is 1. The first kappa shape index (κ1) is 15.9. The lowest BCUT2D eigenvalue weighted by Gasteiger charge is -2.10. The summed E-state index contributed by atoms with van der Waals surface area (Å²) in [5.74, 6) is 1.66. The monoisotopic (exact) mass is 339 g/mol. The zero-order chi connectivity index (χ0) is 17.2. The molecule has 5 nitrogen and oxygen atoms in total. The smallest absolute Gasteiger partial charge is 0.336 e. The van der Waals surface area contributed by atoms with E-state index in [1.165, 1.54) is 12.0 Å². The first-order valence-electron chi connectivity index (χ1n) is 8.90. The minimum atomic E-state index is -0.321. The number of hydrogen-bond acceptors (Lipinski definition) is 5. The standard InChI is InChI=1S/C20H21NO4/c1-2-5-13-10-20(22)24-19-11-14(8-9-15(13)19)23-12-17-16-6-3-4-7-18(16)25-21-17/h8-11H,2-7,12H2,1H3. The second-order valence-corrected chi connectivity index (χ2v) is 6.53. The van der Waals surface area contributed by atoms with Crippen LogP contribution in [-0.4, -0.2) is 5.16 Å². The molecule has 0 unspecified atom stereocenters. The summed E-state index contributed by atoms with van der Waals surface area (Å²) in [6, 6.07) is 7.22. The highest BCUT2D eigenvalue weighted by Crippen LogP contribution is 2.27. The Morgan fingerprint density at radius 2 is 2.08 bits per heavy atom. The first-order valence-corrected chi connectivity index (χ1v) is 8.90. The Morgan fingerprint density at radius 3 is 2.96 bits per heavy atom. The zero-order valence-electron chi connectivity index (χ0n) is 14.3. The third-order valence-electron chi connectivity index (χ3n) is 4.73. The molecule has 0 radical (unpaired) electrons. The summed E-state index contributed by atoms with van der Waals surface area (Å²) in [5, 5.41) is 5.12.